The largest absolute Gasteiger partial charge is 0.504 e. The quantitative estimate of drug-likeness (QED) is 0.745. The van der Waals surface area contributed by atoms with Gasteiger partial charge in [0.1, 0.15) is 0 Å². The summed E-state index contributed by atoms with van der Waals surface area (Å²) in [6.07, 6.45) is 6.28. The first kappa shape index (κ1) is 15.0. The van der Waals surface area contributed by atoms with E-state index >= 15 is 0 Å². The third-order valence-corrected chi connectivity index (χ3v) is 5.42. The Labute approximate surface area is 131 Å². The molecule has 3 rings (SSSR count). The van der Waals surface area contributed by atoms with Crippen LogP contribution in [0, 0.1) is 10.8 Å². The Kier molecular flexibility index (Phi) is 3.10. The van der Waals surface area contributed by atoms with Crippen LogP contribution < -0.4 is 0 Å². The summed E-state index contributed by atoms with van der Waals surface area (Å²) in [5.41, 5.74) is 2.06. The molecule has 1 atom stereocenters. The fraction of sp³-hybridized carbons (Fsp3) is 0.474. The van der Waals surface area contributed by atoms with Crippen LogP contribution in [0.3, 0.4) is 0 Å². The normalized spacial score (nSPS) is 30.8. The van der Waals surface area contributed by atoms with Gasteiger partial charge in [-0.1, -0.05) is 19.9 Å². The van der Waals surface area contributed by atoms with Crippen molar-refractivity contribution in [3.05, 3.63) is 46.8 Å². The lowest BCUT2D eigenvalue weighted by Crippen LogP contribution is -2.36. The van der Waals surface area contributed by atoms with Crippen molar-refractivity contribution in [1.29, 1.82) is 0 Å². The molecule has 0 unspecified atom stereocenters. The molecule has 0 radical (unpaired) electrons. The zero-order chi connectivity index (χ0) is 16.3. The van der Waals surface area contributed by atoms with Crippen LogP contribution in [0.2, 0.25) is 0 Å². The molecule has 0 fully saturated rings. The van der Waals surface area contributed by atoms with Crippen molar-refractivity contribution in [2.75, 3.05) is 0 Å². The number of Topliss-reactive ketones (excluding diaryl/α,β-unsaturated/α-hetero) is 1. The molecular formula is C19H22O3. The van der Waals surface area contributed by atoms with Gasteiger partial charge in [-0.2, -0.15) is 0 Å². The number of rotatable bonds is 1. The van der Waals surface area contributed by atoms with Crippen molar-refractivity contribution < 1.29 is 14.7 Å². The van der Waals surface area contributed by atoms with Gasteiger partial charge in [0.2, 0.25) is 5.78 Å². The molecule has 3 heteroatoms. The van der Waals surface area contributed by atoms with E-state index in [1.165, 1.54) is 0 Å². The van der Waals surface area contributed by atoms with Crippen molar-refractivity contribution in [2.45, 2.75) is 46.5 Å². The van der Waals surface area contributed by atoms with Crippen molar-refractivity contribution in [3.8, 4) is 0 Å². The summed E-state index contributed by atoms with van der Waals surface area (Å²) >= 11 is 0. The second-order valence-electron chi connectivity index (χ2n) is 7.47. The number of hydrogen-bond acceptors (Lipinski definition) is 3. The van der Waals surface area contributed by atoms with E-state index in [-0.39, 0.29) is 22.7 Å². The number of allylic oxidation sites excluding steroid dienone is 6. The number of carbonyl (C=O) groups excluding carboxylic acids is 2. The summed E-state index contributed by atoms with van der Waals surface area (Å²) in [6, 6.07) is 0. The van der Waals surface area contributed by atoms with E-state index in [2.05, 4.69) is 6.58 Å². The Morgan fingerprint density at radius 1 is 1.23 bits per heavy atom. The zero-order valence-electron chi connectivity index (χ0n) is 13.5. The predicted molar refractivity (Wildman–Crippen MR) is 85.3 cm³/mol. The molecule has 0 amide bonds. The first-order chi connectivity index (χ1) is 10.2. The maximum Gasteiger partial charge on any atom is 0.224 e. The van der Waals surface area contributed by atoms with Crippen molar-refractivity contribution in [3.63, 3.8) is 0 Å². The highest BCUT2D eigenvalue weighted by Crippen LogP contribution is 2.51. The number of aliphatic hydroxyl groups is 1. The molecule has 1 N–H and O–H groups in total. The average molecular weight is 298 g/mol. The number of hydrogen-bond donors (Lipinski definition) is 1. The van der Waals surface area contributed by atoms with Gasteiger partial charge in [-0.3, -0.25) is 9.59 Å². The Bertz CT molecular complexity index is 700. The van der Waals surface area contributed by atoms with Gasteiger partial charge in [0, 0.05) is 11.1 Å². The van der Waals surface area contributed by atoms with Gasteiger partial charge in [-0.15, -0.1) is 6.58 Å². The number of fused-ring (bicyclic) bond motifs is 2. The molecule has 3 aliphatic carbocycles. The van der Waals surface area contributed by atoms with Gasteiger partial charge in [-0.25, -0.2) is 0 Å². The second-order valence-corrected chi connectivity index (χ2v) is 7.47. The fourth-order valence-electron chi connectivity index (χ4n) is 3.92. The van der Waals surface area contributed by atoms with E-state index in [1.54, 1.807) is 19.1 Å². The summed E-state index contributed by atoms with van der Waals surface area (Å²) < 4.78 is 0. The molecule has 0 aliphatic heterocycles. The Hall–Kier alpha value is -1.90. The Balaban J connectivity index is 2.25. The minimum Gasteiger partial charge on any atom is -0.504 e. The van der Waals surface area contributed by atoms with Gasteiger partial charge in [0.05, 0.1) is 5.41 Å². The third-order valence-electron chi connectivity index (χ3n) is 5.42. The number of ketones is 2. The van der Waals surface area contributed by atoms with Gasteiger partial charge >= 0.3 is 0 Å². The molecule has 3 nitrogen and oxygen atoms in total. The lowest BCUT2D eigenvalue weighted by atomic mass is 9.62. The van der Waals surface area contributed by atoms with Crippen LogP contribution in [0.15, 0.2) is 46.8 Å². The molecule has 0 bridgehead atoms. The number of aliphatic hydroxyl groups excluding tert-OH is 1. The van der Waals surface area contributed by atoms with Crippen molar-refractivity contribution in [2.24, 2.45) is 10.8 Å². The van der Waals surface area contributed by atoms with E-state index < -0.39 is 5.41 Å². The molecule has 0 spiro atoms. The van der Waals surface area contributed by atoms with Gasteiger partial charge in [-0.05, 0) is 55.2 Å². The highest BCUT2D eigenvalue weighted by Gasteiger charge is 2.45. The monoisotopic (exact) mass is 298 g/mol. The zero-order valence-corrected chi connectivity index (χ0v) is 13.5. The molecule has 0 saturated heterocycles. The second kappa shape index (κ2) is 4.55. The van der Waals surface area contributed by atoms with Crippen LogP contribution in [0.25, 0.3) is 0 Å². The van der Waals surface area contributed by atoms with E-state index in [4.69, 9.17) is 0 Å². The summed E-state index contributed by atoms with van der Waals surface area (Å²) in [5, 5.41) is 10.5. The average Bonchev–Trinajstić information content (AvgIpc) is 2.46. The fourth-order valence-corrected chi connectivity index (χ4v) is 3.92. The van der Waals surface area contributed by atoms with E-state index in [9.17, 15) is 14.7 Å². The summed E-state index contributed by atoms with van der Waals surface area (Å²) in [4.78, 5) is 25.2. The minimum absolute atomic E-state index is 0.00127. The molecule has 0 aromatic heterocycles. The SMILES string of the molecule is C=C[C@]1(C)CC2=C(O)C(=O)C3=C(CCCC3(C)C)C2=CC1=O. The van der Waals surface area contributed by atoms with Crippen molar-refractivity contribution >= 4 is 11.6 Å². The lowest BCUT2D eigenvalue weighted by molar-refractivity contribution is -0.121. The highest BCUT2D eigenvalue weighted by atomic mass is 16.3. The molecule has 0 saturated carbocycles. The minimum atomic E-state index is -0.741. The molecule has 22 heavy (non-hydrogen) atoms. The van der Waals surface area contributed by atoms with Gasteiger partial charge in [0.15, 0.2) is 11.5 Å². The molecule has 0 heterocycles. The smallest absolute Gasteiger partial charge is 0.224 e. The first-order valence-corrected chi connectivity index (χ1v) is 7.82. The Morgan fingerprint density at radius 2 is 1.91 bits per heavy atom. The Morgan fingerprint density at radius 3 is 2.55 bits per heavy atom. The van der Waals surface area contributed by atoms with E-state index in [1.807, 2.05) is 13.8 Å². The van der Waals surface area contributed by atoms with Crippen LogP contribution in [-0.2, 0) is 9.59 Å². The molecule has 3 aliphatic rings. The molecule has 0 aromatic rings. The summed E-state index contributed by atoms with van der Waals surface area (Å²) in [7, 11) is 0. The van der Waals surface area contributed by atoms with E-state index in [0.717, 1.165) is 30.4 Å². The van der Waals surface area contributed by atoms with Crippen LogP contribution >= 0.6 is 0 Å². The van der Waals surface area contributed by atoms with Crippen LogP contribution in [-0.4, -0.2) is 16.7 Å². The van der Waals surface area contributed by atoms with Gasteiger partial charge < -0.3 is 5.11 Å². The predicted octanol–water partition coefficient (Wildman–Crippen LogP) is 3.98. The molecule has 116 valence electrons. The van der Waals surface area contributed by atoms with Crippen molar-refractivity contribution in [1.82, 2.24) is 0 Å². The highest BCUT2D eigenvalue weighted by molar-refractivity contribution is 6.13. The first-order valence-electron chi connectivity index (χ1n) is 7.82. The van der Waals surface area contributed by atoms with E-state index in [0.29, 0.717) is 17.6 Å². The lowest BCUT2D eigenvalue weighted by Gasteiger charge is -2.40. The maximum atomic E-state index is 12.7. The number of carbonyl (C=O) groups is 2. The standard InChI is InChI=1S/C19H22O3/c1-5-19(4)10-13-12(9-14(19)20)11-7-6-8-18(2,3)15(11)17(22)16(13)21/h5,9,21H,1,6-8,10H2,2-4H3/t19-/m1/s1. The van der Waals surface area contributed by atoms with Crippen LogP contribution in [0.1, 0.15) is 46.5 Å². The molecule has 0 aromatic carbocycles. The van der Waals surface area contributed by atoms with Crippen LogP contribution in [0.5, 0.6) is 0 Å². The molecular weight excluding hydrogens is 276 g/mol. The summed E-state index contributed by atoms with van der Waals surface area (Å²) in [6.45, 7) is 9.62. The topological polar surface area (TPSA) is 54.4 Å². The third kappa shape index (κ3) is 1.88. The maximum absolute atomic E-state index is 12.7. The van der Waals surface area contributed by atoms with Crippen LogP contribution in [0.4, 0.5) is 0 Å². The summed E-state index contributed by atoms with van der Waals surface area (Å²) in [5.74, 6) is -0.438. The van der Waals surface area contributed by atoms with Gasteiger partial charge in [0.25, 0.3) is 0 Å².